The summed E-state index contributed by atoms with van der Waals surface area (Å²) in [5.41, 5.74) is 1.40. The maximum atomic E-state index is 13.2. The quantitative estimate of drug-likeness (QED) is 0.364. The topological polar surface area (TPSA) is 116 Å². The maximum absolute atomic E-state index is 13.2. The predicted octanol–water partition coefficient (Wildman–Crippen LogP) is 3.56. The number of ether oxygens (including phenoxy) is 1. The summed E-state index contributed by atoms with van der Waals surface area (Å²) in [6.45, 7) is 5.21. The van der Waals surface area contributed by atoms with Crippen molar-refractivity contribution in [1.82, 2.24) is 24.9 Å². The van der Waals surface area contributed by atoms with Gasteiger partial charge in [0.25, 0.3) is 0 Å². The number of tetrazole rings is 1. The van der Waals surface area contributed by atoms with Crippen LogP contribution in [0, 0.1) is 0 Å². The standard InChI is InChI=1S/C26H27N5O4S/c1-26(2,3)35-25(32)23(18-19-10-6-4-7-11-19)29-36(33,34)22-16-14-20(15-17-22)24-27-30-31(28-24)21-12-8-5-9-13-21/h4-17,23,29H,18H2,1-3H3/t23-/m1/s1. The van der Waals surface area contributed by atoms with Crippen LogP contribution in [0.3, 0.4) is 0 Å². The van der Waals surface area contributed by atoms with E-state index < -0.39 is 27.6 Å². The normalized spacial score (nSPS) is 12.8. The lowest BCUT2D eigenvalue weighted by Crippen LogP contribution is -2.45. The Bertz CT molecular complexity index is 1410. The average molecular weight is 506 g/mol. The van der Waals surface area contributed by atoms with E-state index in [0.717, 1.165) is 11.3 Å². The first-order chi connectivity index (χ1) is 17.1. The largest absolute Gasteiger partial charge is 0.459 e. The van der Waals surface area contributed by atoms with Crippen LogP contribution in [0.25, 0.3) is 17.1 Å². The van der Waals surface area contributed by atoms with Crippen LogP contribution in [0.5, 0.6) is 0 Å². The molecule has 3 aromatic carbocycles. The summed E-state index contributed by atoms with van der Waals surface area (Å²) in [5, 5.41) is 12.5. The lowest BCUT2D eigenvalue weighted by molar-refractivity contribution is -0.156. The van der Waals surface area contributed by atoms with Crippen LogP contribution in [-0.2, 0) is 26.0 Å². The predicted molar refractivity (Wildman–Crippen MR) is 135 cm³/mol. The summed E-state index contributed by atoms with van der Waals surface area (Å²) in [4.78, 5) is 14.3. The molecule has 4 aromatic rings. The average Bonchev–Trinajstić information content (AvgIpc) is 3.34. The Kier molecular flexibility index (Phi) is 7.27. The van der Waals surface area contributed by atoms with E-state index in [9.17, 15) is 13.2 Å². The molecule has 10 heteroatoms. The number of carbonyl (C=O) groups excluding carboxylic acids is 1. The highest BCUT2D eigenvalue weighted by molar-refractivity contribution is 7.89. The zero-order valence-corrected chi connectivity index (χ0v) is 21.0. The van der Waals surface area contributed by atoms with Gasteiger partial charge in [-0.25, -0.2) is 8.42 Å². The van der Waals surface area contributed by atoms with Gasteiger partial charge < -0.3 is 4.74 Å². The number of benzene rings is 3. The molecule has 0 unspecified atom stereocenters. The number of rotatable bonds is 8. The Hall–Kier alpha value is -3.89. The summed E-state index contributed by atoms with van der Waals surface area (Å²) in [6, 6.07) is 23.5. The van der Waals surface area contributed by atoms with E-state index >= 15 is 0 Å². The van der Waals surface area contributed by atoms with Crippen molar-refractivity contribution in [3.8, 4) is 17.1 Å². The first-order valence-electron chi connectivity index (χ1n) is 11.4. The number of hydrogen-bond acceptors (Lipinski definition) is 7. The van der Waals surface area contributed by atoms with Crippen molar-refractivity contribution >= 4 is 16.0 Å². The van der Waals surface area contributed by atoms with Gasteiger partial charge in [0.15, 0.2) is 0 Å². The van der Waals surface area contributed by atoms with E-state index in [1.54, 1.807) is 32.9 Å². The zero-order valence-electron chi connectivity index (χ0n) is 20.2. The summed E-state index contributed by atoms with van der Waals surface area (Å²) in [7, 11) is -4.03. The molecular weight excluding hydrogens is 478 g/mol. The second kappa shape index (κ2) is 10.4. The smallest absolute Gasteiger partial charge is 0.325 e. The maximum Gasteiger partial charge on any atom is 0.325 e. The van der Waals surface area contributed by atoms with Crippen molar-refractivity contribution in [2.24, 2.45) is 0 Å². The van der Waals surface area contributed by atoms with Gasteiger partial charge >= 0.3 is 5.97 Å². The van der Waals surface area contributed by atoms with E-state index in [4.69, 9.17) is 4.74 Å². The number of para-hydroxylation sites is 1. The molecule has 1 heterocycles. The number of nitrogens with zero attached hydrogens (tertiary/aromatic N) is 4. The second-order valence-corrected chi connectivity index (χ2v) is 10.9. The van der Waals surface area contributed by atoms with Crippen molar-refractivity contribution in [2.45, 2.75) is 43.7 Å². The third kappa shape index (κ3) is 6.41. The van der Waals surface area contributed by atoms with E-state index in [-0.39, 0.29) is 11.3 Å². The molecular formula is C26H27N5O4S. The molecule has 36 heavy (non-hydrogen) atoms. The van der Waals surface area contributed by atoms with Crippen molar-refractivity contribution in [3.63, 3.8) is 0 Å². The Balaban J connectivity index is 1.54. The van der Waals surface area contributed by atoms with Crippen LogP contribution in [0.15, 0.2) is 89.8 Å². The monoisotopic (exact) mass is 505 g/mol. The molecule has 0 amide bonds. The highest BCUT2D eigenvalue weighted by Crippen LogP contribution is 2.20. The molecule has 0 spiro atoms. The molecule has 1 atom stereocenters. The van der Waals surface area contributed by atoms with E-state index in [1.807, 2.05) is 60.7 Å². The highest BCUT2D eigenvalue weighted by Gasteiger charge is 2.30. The van der Waals surface area contributed by atoms with E-state index in [0.29, 0.717) is 11.4 Å². The third-order valence-corrected chi connectivity index (χ3v) is 6.58. The summed E-state index contributed by atoms with van der Waals surface area (Å²) >= 11 is 0. The number of aromatic nitrogens is 4. The van der Waals surface area contributed by atoms with Crippen LogP contribution >= 0.6 is 0 Å². The molecule has 186 valence electrons. The van der Waals surface area contributed by atoms with Gasteiger partial charge in [0.1, 0.15) is 11.6 Å². The fourth-order valence-electron chi connectivity index (χ4n) is 3.43. The Morgan fingerprint density at radius 1 is 0.944 bits per heavy atom. The van der Waals surface area contributed by atoms with Gasteiger partial charge in [0, 0.05) is 5.56 Å². The fourth-order valence-corrected chi connectivity index (χ4v) is 4.62. The first-order valence-corrected chi connectivity index (χ1v) is 12.8. The molecule has 0 saturated heterocycles. The van der Waals surface area contributed by atoms with Crippen LogP contribution in [0.1, 0.15) is 26.3 Å². The molecule has 1 aromatic heterocycles. The number of hydrogen-bond donors (Lipinski definition) is 1. The molecule has 0 radical (unpaired) electrons. The number of nitrogens with one attached hydrogen (secondary N) is 1. The van der Waals surface area contributed by atoms with Crippen LogP contribution < -0.4 is 4.72 Å². The van der Waals surface area contributed by atoms with Gasteiger partial charge in [-0.2, -0.15) is 4.72 Å². The molecule has 0 fully saturated rings. The number of esters is 1. The fraction of sp³-hybridized carbons (Fsp3) is 0.231. The minimum absolute atomic E-state index is 0.00308. The SMILES string of the molecule is CC(C)(C)OC(=O)[C@@H](Cc1ccccc1)NS(=O)(=O)c1ccc(-c2nnn(-c3ccccc3)n2)cc1. The van der Waals surface area contributed by atoms with Crippen LogP contribution in [-0.4, -0.2) is 46.2 Å². The van der Waals surface area contributed by atoms with Crippen molar-refractivity contribution in [2.75, 3.05) is 0 Å². The first kappa shape index (κ1) is 25.2. The molecule has 9 nitrogen and oxygen atoms in total. The van der Waals surface area contributed by atoms with E-state index in [1.165, 1.54) is 16.9 Å². The zero-order chi connectivity index (χ0) is 25.8. The Labute approximate surface area is 210 Å². The van der Waals surface area contributed by atoms with Crippen molar-refractivity contribution < 1.29 is 17.9 Å². The second-order valence-electron chi connectivity index (χ2n) is 9.16. The van der Waals surface area contributed by atoms with E-state index in [2.05, 4.69) is 20.1 Å². The number of carbonyl (C=O) groups is 1. The summed E-state index contributed by atoms with van der Waals surface area (Å²) < 4.78 is 34.3. The molecule has 0 bridgehead atoms. The van der Waals surface area contributed by atoms with Gasteiger partial charge in [-0.15, -0.1) is 15.0 Å². The lowest BCUT2D eigenvalue weighted by atomic mass is 10.1. The van der Waals surface area contributed by atoms with Crippen LogP contribution in [0.2, 0.25) is 0 Å². The molecule has 1 N–H and O–H groups in total. The summed E-state index contributed by atoms with van der Waals surface area (Å²) in [5.74, 6) is -0.292. The minimum Gasteiger partial charge on any atom is -0.459 e. The summed E-state index contributed by atoms with van der Waals surface area (Å²) in [6.07, 6.45) is 0.152. The molecule has 0 saturated carbocycles. The van der Waals surface area contributed by atoms with Crippen LogP contribution in [0.4, 0.5) is 0 Å². The molecule has 0 aliphatic carbocycles. The van der Waals surface area contributed by atoms with Gasteiger partial charge in [-0.1, -0.05) is 48.5 Å². The van der Waals surface area contributed by atoms with Gasteiger partial charge in [-0.3, -0.25) is 4.79 Å². The van der Waals surface area contributed by atoms with Gasteiger partial charge in [0.05, 0.1) is 10.6 Å². The molecule has 4 rings (SSSR count). The highest BCUT2D eigenvalue weighted by atomic mass is 32.2. The van der Waals surface area contributed by atoms with Gasteiger partial charge in [-0.05, 0) is 74.4 Å². The Morgan fingerprint density at radius 3 is 2.17 bits per heavy atom. The third-order valence-electron chi connectivity index (χ3n) is 5.09. The van der Waals surface area contributed by atoms with Gasteiger partial charge in [0.2, 0.25) is 15.8 Å². The number of sulfonamides is 1. The lowest BCUT2D eigenvalue weighted by Gasteiger charge is -2.24. The van der Waals surface area contributed by atoms with Crippen molar-refractivity contribution in [1.29, 1.82) is 0 Å². The molecule has 0 aliphatic heterocycles. The minimum atomic E-state index is -4.03. The Morgan fingerprint density at radius 2 is 1.56 bits per heavy atom. The van der Waals surface area contributed by atoms with Crippen molar-refractivity contribution in [3.05, 3.63) is 90.5 Å². The molecule has 0 aliphatic rings.